The monoisotopic (exact) mass is 179 g/mol. The summed E-state index contributed by atoms with van der Waals surface area (Å²) in [7, 11) is 0. The van der Waals surface area contributed by atoms with E-state index < -0.39 is 0 Å². The van der Waals surface area contributed by atoms with Crippen molar-refractivity contribution in [3.63, 3.8) is 0 Å². The van der Waals surface area contributed by atoms with Crippen LogP contribution in [0.5, 0.6) is 0 Å². The van der Waals surface area contributed by atoms with Crippen LogP contribution in [0.4, 0.5) is 0 Å². The maximum Gasteiger partial charge on any atom is 0.235 e. The Balaban J connectivity index is 2.62. The van der Waals surface area contributed by atoms with Gasteiger partial charge < -0.3 is 0 Å². The van der Waals surface area contributed by atoms with Crippen molar-refractivity contribution in [2.45, 2.75) is 38.3 Å². The van der Waals surface area contributed by atoms with Gasteiger partial charge in [0.25, 0.3) is 0 Å². The van der Waals surface area contributed by atoms with Crippen LogP contribution in [0.25, 0.3) is 0 Å². The molecule has 1 saturated carbocycles. The van der Waals surface area contributed by atoms with E-state index in [4.69, 9.17) is 0 Å². The zero-order valence-corrected chi connectivity index (χ0v) is 7.49. The Morgan fingerprint density at radius 3 is 2.62 bits per heavy atom. The summed E-state index contributed by atoms with van der Waals surface area (Å²) in [5.41, 5.74) is 0. The number of aliphatic imine (C=N–C) groups is 2. The van der Waals surface area contributed by atoms with Crippen LogP contribution < -0.4 is 0 Å². The lowest BCUT2D eigenvalue weighted by atomic mass is 9.83. The molecule has 0 saturated heterocycles. The van der Waals surface area contributed by atoms with Gasteiger partial charge in [0.2, 0.25) is 12.2 Å². The van der Waals surface area contributed by atoms with Crippen LogP contribution in [-0.4, -0.2) is 24.2 Å². The number of isocyanates is 2. The molecule has 0 bridgehead atoms. The summed E-state index contributed by atoms with van der Waals surface area (Å²) < 4.78 is 0. The molecule has 0 N–H and O–H groups in total. The third-order valence-electron chi connectivity index (χ3n) is 2.38. The highest BCUT2D eigenvalue weighted by Crippen LogP contribution is 2.29. The lowest BCUT2D eigenvalue weighted by Crippen LogP contribution is -2.26. The van der Waals surface area contributed by atoms with E-state index >= 15 is 0 Å². The molecule has 0 aromatic heterocycles. The summed E-state index contributed by atoms with van der Waals surface area (Å²) in [4.78, 5) is 27.4. The lowest BCUT2D eigenvalue weighted by Gasteiger charge is -2.27. The summed E-state index contributed by atoms with van der Waals surface area (Å²) >= 11 is 0. The van der Waals surface area contributed by atoms with Crippen molar-refractivity contribution < 1.29 is 9.59 Å². The molecule has 0 aromatic carbocycles. The Bertz CT molecular complexity index is 265. The first-order valence-corrected chi connectivity index (χ1v) is 4.24. The molecule has 0 amide bonds. The van der Waals surface area contributed by atoms with Gasteiger partial charge in [0.15, 0.2) is 0 Å². The number of carbonyl (C=O) groups excluding carboxylic acids is 2. The zero-order chi connectivity index (χ0) is 9.68. The lowest BCUT2D eigenvalue weighted by molar-refractivity contribution is 0.421. The Hall–Kier alpha value is -1.24. The Morgan fingerprint density at radius 2 is 2.00 bits per heavy atom. The van der Waals surface area contributed by atoms with Crippen molar-refractivity contribution in [1.82, 2.24) is 0 Å². The molecule has 2 atom stereocenters. The molecule has 0 aliphatic heterocycles. The molecule has 0 spiro atoms. The van der Waals surface area contributed by atoms with E-state index in [1.165, 1.54) is 5.92 Å². The van der Waals surface area contributed by atoms with Crippen molar-refractivity contribution in [3.05, 3.63) is 5.92 Å². The van der Waals surface area contributed by atoms with E-state index in [1.807, 2.05) is 6.92 Å². The van der Waals surface area contributed by atoms with Crippen LogP contribution >= 0.6 is 0 Å². The van der Waals surface area contributed by atoms with E-state index in [1.54, 1.807) is 12.2 Å². The third-order valence-corrected chi connectivity index (χ3v) is 2.38. The minimum absolute atomic E-state index is 0.0247. The van der Waals surface area contributed by atoms with Gasteiger partial charge >= 0.3 is 0 Å². The van der Waals surface area contributed by atoms with E-state index in [0.717, 1.165) is 12.8 Å². The fraction of sp³-hybridized carbons (Fsp3) is 0.667. The predicted molar refractivity (Wildman–Crippen MR) is 46.6 cm³/mol. The molecule has 2 unspecified atom stereocenters. The van der Waals surface area contributed by atoms with E-state index in [0.29, 0.717) is 6.42 Å². The van der Waals surface area contributed by atoms with Gasteiger partial charge in [-0.05, 0) is 25.2 Å². The second-order valence-electron chi connectivity index (χ2n) is 3.23. The van der Waals surface area contributed by atoms with Gasteiger partial charge in [-0.25, -0.2) is 19.6 Å². The summed E-state index contributed by atoms with van der Waals surface area (Å²) in [6.07, 6.45) is 5.44. The molecular weight excluding hydrogens is 168 g/mol. The second-order valence-corrected chi connectivity index (χ2v) is 3.23. The molecule has 0 heterocycles. The molecule has 69 valence electrons. The topological polar surface area (TPSA) is 58.9 Å². The maximum atomic E-state index is 10.1. The van der Waals surface area contributed by atoms with Crippen LogP contribution in [0.15, 0.2) is 9.98 Å². The Labute approximate surface area is 76.8 Å². The van der Waals surface area contributed by atoms with Crippen molar-refractivity contribution in [2.24, 2.45) is 9.98 Å². The normalized spacial score (nSPS) is 28.7. The molecule has 1 fully saturated rings. The number of hydrogen-bond acceptors (Lipinski definition) is 4. The standard InChI is InChI=1S/C9H11N2O2/c1-7-2-3-8(10-5-12)4-9(7)11-6-13/h8-9H,2-4H2,1H3. The average molecular weight is 179 g/mol. The van der Waals surface area contributed by atoms with Gasteiger partial charge in [-0.2, -0.15) is 0 Å². The zero-order valence-electron chi connectivity index (χ0n) is 7.49. The largest absolute Gasteiger partial charge is 0.235 e. The fourth-order valence-electron chi connectivity index (χ4n) is 1.56. The first-order chi connectivity index (χ1) is 6.27. The van der Waals surface area contributed by atoms with E-state index in [9.17, 15) is 9.59 Å². The minimum atomic E-state index is -0.103. The van der Waals surface area contributed by atoms with E-state index in [2.05, 4.69) is 9.98 Å². The minimum Gasteiger partial charge on any atom is -0.211 e. The van der Waals surface area contributed by atoms with Crippen molar-refractivity contribution in [2.75, 3.05) is 0 Å². The molecule has 1 rings (SSSR count). The van der Waals surface area contributed by atoms with Crippen molar-refractivity contribution in [3.8, 4) is 0 Å². The molecule has 4 nitrogen and oxygen atoms in total. The van der Waals surface area contributed by atoms with Crippen LogP contribution in [0.3, 0.4) is 0 Å². The highest BCUT2D eigenvalue weighted by atomic mass is 16.1. The van der Waals surface area contributed by atoms with Gasteiger partial charge in [-0.15, -0.1) is 0 Å². The first kappa shape index (κ1) is 9.85. The SMILES string of the molecule is C[C]1CCC(N=C=O)CC1N=C=O. The van der Waals surface area contributed by atoms with Gasteiger partial charge in [0, 0.05) is 0 Å². The number of hydrogen-bond donors (Lipinski definition) is 0. The van der Waals surface area contributed by atoms with Crippen LogP contribution in [-0.2, 0) is 9.59 Å². The summed E-state index contributed by atoms with van der Waals surface area (Å²) in [6, 6.07) is -0.128. The predicted octanol–water partition coefficient (Wildman–Crippen LogP) is 1.17. The van der Waals surface area contributed by atoms with Crippen molar-refractivity contribution >= 4 is 12.2 Å². The van der Waals surface area contributed by atoms with Crippen LogP contribution in [0.1, 0.15) is 26.2 Å². The number of nitrogens with zero attached hydrogens (tertiary/aromatic N) is 2. The van der Waals surface area contributed by atoms with Gasteiger partial charge in [0.1, 0.15) is 0 Å². The maximum absolute atomic E-state index is 10.1. The van der Waals surface area contributed by atoms with Crippen LogP contribution in [0, 0.1) is 5.92 Å². The molecule has 1 aliphatic rings. The van der Waals surface area contributed by atoms with Crippen molar-refractivity contribution in [1.29, 1.82) is 0 Å². The van der Waals surface area contributed by atoms with E-state index in [-0.39, 0.29) is 12.1 Å². The van der Waals surface area contributed by atoms with Gasteiger partial charge in [-0.1, -0.05) is 6.92 Å². The highest BCUT2D eigenvalue weighted by molar-refractivity contribution is 5.36. The van der Waals surface area contributed by atoms with Gasteiger partial charge in [0.05, 0.1) is 12.1 Å². The van der Waals surface area contributed by atoms with Gasteiger partial charge in [-0.3, -0.25) is 0 Å². The van der Waals surface area contributed by atoms with Crippen LogP contribution in [0.2, 0.25) is 0 Å². The Kier molecular flexibility index (Phi) is 3.56. The highest BCUT2D eigenvalue weighted by Gasteiger charge is 2.27. The average Bonchev–Trinajstić information content (AvgIpc) is 2.12. The smallest absolute Gasteiger partial charge is 0.211 e. The molecule has 4 heteroatoms. The fourth-order valence-corrected chi connectivity index (χ4v) is 1.56. The summed E-state index contributed by atoms with van der Waals surface area (Å²) in [6.45, 7) is 1.96. The summed E-state index contributed by atoms with van der Waals surface area (Å²) in [5, 5.41) is 0. The molecular formula is C9H11N2O2. The second kappa shape index (κ2) is 4.70. The Morgan fingerprint density at radius 1 is 1.31 bits per heavy atom. The molecule has 1 aliphatic carbocycles. The number of rotatable bonds is 2. The molecule has 1 radical (unpaired) electrons. The quantitative estimate of drug-likeness (QED) is 0.472. The molecule has 0 aromatic rings. The molecule has 13 heavy (non-hydrogen) atoms. The first-order valence-electron chi connectivity index (χ1n) is 4.24. The third kappa shape index (κ3) is 2.62. The summed E-state index contributed by atoms with van der Waals surface area (Å²) in [5.74, 6) is 1.17.